The van der Waals surface area contributed by atoms with Crippen LogP contribution in [0.3, 0.4) is 0 Å². The van der Waals surface area contributed by atoms with Crippen LogP contribution in [0, 0.1) is 5.82 Å². The highest BCUT2D eigenvalue weighted by molar-refractivity contribution is 6.30. The molecule has 2 aromatic carbocycles. The molecule has 2 heterocycles. The Kier molecular flexibility index (Phi) is 4.00. The van der Waals surface area contributed by atoms with Gasteiger partial charge in [0.05, 0.1) is 16.4 Å². The molecule has 0 saturated heterocycles. The van der Waals surface area contributed by atoms with Crippen molar-refractivity contribution in [2.45, 2.75) is 0 Å². The molecular formula is C18H12ClFN2O4. The summed E-state index contributed by atoms with van der Waals surface area (Å²) >= 11 is 5.80. The van der Waals surface area contributed by atoms with Crippen molar-refractivity contribution in [3.05, 3.63) is 59.0 Å². The van der Waals surface area contributed by atoms with Crippen LogP contribution < -0.4 is 9.47 Å². The van der Waals surface area contributed by atoms with Crippen molar-refractivity contribution in [1.29, 1.82) is 0 Å². The third-order valence-corrected chi connectivity index (χ3v) is 4.20. The number of carboxylic acid groups (broad SMARTS) is 1. The molecule has 1 N–H and O–H groups in total. The summed E-state index contributed by atoms with van der Waals surface area (Å²) < 4.78 is 25.6. The molecule has 0 aliphatic carbocycles. The third-order valence-electron chi connectivity index (χ3n) is 3.91. The first-order valence-corrected chi connectivity index (χ1v) is 8.09. The number of fused-ring (bicyclic) bond motifs is 1. The van der Waals surface area contributed by atoms with Crippen LogP contribution in [-0.2, 0) is 0 Å². The number of carboxylic acids is 1. The molecule has 0 fully saturated rings. The van der Waals surface area contributed by atoms with Crippen LogP contribution in [0.4, 0.5) is 4.39 Å². The van der Waals surface area contributed by atoms with E-state index in [2.05, 4.69) is 5.10 Å². The van der Waals surface area contributed by atoms with E-state index < -0.39 is 11.8 Å². The van der Waals surface area contributed by atoms with Gasteiger partial charge < -0.3 is 14.6 Å². The fraction of sp³-hybridized carbons (Fsp3) is 0.111. The maximum Gasteiger partial charge on any atom is 0.354 e. The van der Waals surface area contributed by atoms with Gasteiger partial charge in [-0.2, -0.15) is 5.10 Å². The van der Waals surface area contributed by atoms with Crippen molar-refractivity contribution in [2.75, 3.05) is 13.2 Å². The van der Waals surface area contributed by atoms with Gasteiger partial charge in [0, 0.05) is 5.56 Å². The molecule has 4 rings (SSSR count). The van der Waals surface area contributed by atoms with E-state index in [1.807, 2.05) is 0 Å². The smallest absolute Gasteiger partial charge is 0.354 e. The van der Waals surface area contributed by atoms with Crippen LogP contribution in [0.2, 0.25) is 5.02 Å². The van der Waals surface area contributed by atoms with Gasteiger partial charge >= 0.3 is 5.97 Å². The molecule has 6 nitrogen and oxygen atoms in total. The van der Waals surface area contributed by atoms with E-state index in [9.17, 15) is 14.3 Å². The van der Waals surface area contributed by atoms with Gasteiger partial charge in [0.1, 0.15) is 19.0 Å². The molecule has 3 aromatic rings. The van der Waals surface area contributed by atoms with Crippen molar-refractivity contribution in [3.8, 4) is 28.4 Å². The number of carbonyl (C=O) groups is 1. The van der Waals surface area contributed by atoms with Crippen LogP contribution >= 0.6 is 11.6 Å². The number of ether oxygens (including phenoxy) is 2. The largest absolute Gasteiger partial charge is 0.486 e. The van der Waals surface area contributed by atoms with Gasteiger partial charge in [-0.05, 0) is 42.5 Å². The first kappa shape index (κ1) is 16.4. The van der Waals surface area contributed by atoms with Gasteiger partial charge in [-0.15, -0.1) is 0 Å². The van der Waals surface area contributed by atoms with Crippen molar-refractivity contribution in [3.63, 3.8) is 0 Å². The van der Waals surface area contributed by atoms with Gasteiger partial charge in [0.15, 0.2) is 17.2 Å². The Labute approximate surface area is 152 Å². The molecule has 1 aromatic heterocycles. The zero-order valence-electron chi connectivity index (χ0n) is 13.3. The number of aromatic carboxylic acids is 1. The van der Waals surface area contributed by atoms with E-state index in [-0.39, 0.29) is 10.7 Å². The highest BCUT2D eigenvalue weighted by Crippen LogP contribution is 2.34. The standard InChI is InChI=1S/C18H12ClFN2O4/c19-12-8-11(2-3-13(12)20)22-15(18(23)24)9-14(21-22)10-1-4-16-17(7-10)26-6-5-25-16/h1-4,7-9H,5-6H2,(H,23,24). The molecule has 1 aliphatic heterocycles. The number of aromatic nitrogens is 2. The van der Waals surface area contributed by atoms with E-state index in [1.54, 1.807) is 18.2 Å². The van der Waals surface area contributed by atoms with Crippen molar-refractivity contribution >= 4 is 17.6 Å². The molecule has 0 saturated carbocycles. The maximum absolute atomic E-state index is 13.4. The predicted octanol–water partition coefficient (Wildman–Crippen LogP) is 3.80. The minimum atomic E-state index is -1.17. The van der Waals surface area contributed by atoms with Crippen molar-refractivity contribution < 1.29 is 23.8 Å². The van der Waals surface area contributed by atoms with Gasteiger partial charge in [-0.3, -0.25) is 0 Å². The van der Waals surface area contributed by atoms with E-state index in [4.69, 9.17) is 21.1 Å². The van der Waals surface area contributed by atoms with Crippen LogP contribution in [0.1, 0.15) is 10.5 Å². The van der Waals surface area contributed by atoms with E-state index in [0.717, 1.165) is 6.07 Å². The number of hydrogen-bond acceptors (Lipinski definition) is 4. The van der Waals surface area contributed by atoms with Crippen molar-refractivity contribution in [2.24, 2.45) is 0 Å². The number of rotatable bonds is 3. The lowest BCUT2D eigenvalue weighted by Crippen LogP contribution is -2.15. The average Bonchev–Trinajstić information content (AvgIpc) is 3.09. The van der Waals surface area contributed by atoms with Crippen LogP contribution in [0.5, 0.6) is 11.5 Å². The first-order valence-electron chi connectivity index (χ1n) is 7.72. The van der Waals surface area contributed by atoms with E-state index >= 15 is 0 Å². The Morgan fingerprint density at radius 1 is 1.12 bits per heavy atom. The number of nitrogens with zero attached hydrogens (tertiary/aromatic N) is 2. The summed E-state index contributed by atoms with van der Waals surface area (Å²) in [6, 6.07) is 10.6. The van der Waals surface area contributed by atoms with Gasteiger partial charge in [0.2, 0.25) is 0 Å². The molecule has 8 heteroatoms. The topological polar surface area (TPSA) is 73.6 Å². The lowest BCUT2D eigenvalue weighted by Gasteiger charge is -2.18. The fourth-order valence-corrected chi connectivity index (χ4v) is 2.87. The van der Waals surface area contributed by atoms with Crippen LogP contribution in [0.25, 0.3) is 16.9 Å². The zero-order chi connectivity index (χ0) is 18.3. The summed E-state index contributed by atoms with van der Waals surface area (Å²) in [5.74, 6) is -0.554. The molecule has 0 atom stereocenters. The molecule has 26 heavy (non-hydrogen) atoms. The van der Waals surface area contributed by atoms with E-state index in [1.165, 1.54) is 22.9 Å². The molecule has 0 radical (unpaired) electrons. The quantitative estimate of drug-likeness (QED) is 0.754. The molecule has 1 aliphatic rings. The highest BCUT2D eigenvalue weighted by Gasteiger charge is 2.19. The Balaban J connectivity index is 1.81. The summed E-state index contributed by atoms with van der Waals surface area (Å²) in [5.41, 5.74) is 1.37. The Morgan fingerprint density at radius 2 is 1.88 bits per heavy atom. The Hall–Kier alpha value is -3.06. The van der Waals surface area contributed by atoms with Gasteiger partial charge in [-0.1, -0.05) is 11.6 Å². The minimum absolute atomic E-state index is 0.0717. The molecule has 132 valence electrons. The Morgan fingerprint density at radius 3 is 2.62 bits per heavy atom. The second-order valence-electron chi connectivity index (χ2n) is 5.59. The summed E-state index contributed by atoms with van der Waals surface area (Å²) in [6.45, 7) is 0.925. The van der Waals surface area contributed by atoms with Crippen molar-refractivity contribution in [1.82, 2.24) is 9.78 Å². The summed E-state index contributed by atoms with van der Waals surface area (Å²) in [6.07, 6.45) is 0. The average molecular weight is 375 g/mol. The summed E-state index contributed by atoms with van der Waals surface area (Å²) in [4.78, 5) is 11.6. The predicted molar refractivity (Wildman–Crippen MR) is 91.9 cm³/mol. The monoisotopic (exact) mass is 374 g/mol. The lowest BCUT2D eigenvalue weighted by atomic mass is 10.1. The summed E-state index contributed by atoms with van der Waals surface area (Å²) in [5, 5.41) is 13.7. The van der Waals surface area contributed by atoms with Gasteiger partial charge in [-0.25, -0.2) is 13.9 Å². The summed E-state index contributed by atoms with van der Waals surface area (Å²) in [7, 11) is 0. The molecular weight excluding hydrogens is 363 g/mol. The first-order chi connectivity index (χ1) is 12.5. The highest BCUT2D eigenvalue weighted by atomic mass is 35.5. The maximum atomic E-state index is 13.4. The number of halogens is 2. The molecule has 0 unspecified atom stereocenters. The normalized spacial score (nSPS) is 12.8. The Bertz CT molecular complexity index is 1020. The minimum Gasteiger partial charge on any atom is -0.486 e. The van der Waals surface area contributed by atoms with E-state index in [0.29, 0.717) is 41.7 Å². The molecule has 0 amide bonds. The third kappa shape index (κ3) is 2.86. The fourth-order valence-electron chi connectivity index (χ4n) is 2.69. The zero-order valence-corrected chi connectivity index (χ0v) is 14.0. The number of benzene rings is 2. The van der Waals surface area contributed by atoms with Crippen LogP contribution in [-0.4, -0.2) is 34.1 Å². The lowest BCUT2D eigenvalue weighted by molar-refractivity contribution is 0.0687. The van der Waals surface area contributed by atoms with Gasteiger partial charge in [0.25, 0.3) is 0 Å². The second-order valence-corrected chi connectivity index (χ2v) is 6.00. The SMILES string of the molecule is O=C(O)c1cc(-c2ccc3c(c2)OCCO3)nn1-c1ccc(F)c(Cl)c1. The number of hydrogen-bond donors (Lipinski definition) is 1. The molecule has 0 bridgehead atoms. The molecule has 0 spiro atoms. The second kappa shape index (κ2) is 6.34. The van der Waals surface area contributed by atoms with Crippen LogP contribution in [0.15, 0.2) is 42.5 Å².